The lowest BCUT2D eigenvalue weighted by atomic mass is 10.3. The molecule has 68 valence electrons. The Morgan fingerprint density at radius 2 is 2.08 bits per heavy atom. The van der Waals surface area contributed by atoms with Crippen molar-refractivity contribution in [1.82, 2.24) is 5.32 Å². The van der Waals surface area contributed by atoms with E-state index in [2.05, 4.69) is 5.32 Å². The van der Waals surface area contributed by atoms with Gasteiger partial charge in [-0.25, -0.2) is 0 Å². The summed E-state index contributed by atoms with van der Waals surface area (Å²) in [6, 6.07) is 0. The molecule has 1 fully saturated rings. The molecule has 0 bridgehead atoms. The van der Waals surface area contributed by atoms with Crippen LogP contribution < -0.4 is 5.32 Å². The van der Waals surface area contributed by atoms with E-state index in [1.807, 2.05) is 32.2 Å². The molecule has 0 aromatic carbocycles. The summed E-state index contributed by atoms with van der Waals surface area (Å²) >= 11 is 0. The molecule has 0 aromatic heterocycles. The van der Waals surface area contributed by atoms with Gasteiger partial charge in [-0.2, -0.15) is 0 Å². The molecule has 1 rings (SSSR count). The first-order valence-electron chi connectivity index (χ1n) is 4.12. The predicted molar refractivity (Wildman–Crippen MR) is 47.6 cm³/mol. The van der Waals surface area contributed by atoms with E-state index < -0.39 is 0 Å². The summed E-state index contributed by atoms with van der Waals surface area (Å²) in [5, 5.41) is 3.04. The van der Waals surface area contributed by atoms with E-state index in [4.69, 9.17) is 9.47 Å². The van der Waals surface area contributed by atoms with Gasteiger partial charge >= 0.3 is 0 Å². The van der Waals surface area contributed by atoms with Crippen LogP contribution in [0.3, 0.4) is 0 Å². The van der Waals surface area contributed by atoms with Crippen LogP contribution in [0, 0.1) is 0 Å². The zero-order valence-electron chi connectivity index (χ0n) is 7.54. The SMILES string of the molecule is C/C=C\C=C(/NC)C1OCCO1. The van der Waals surface area contributed by atoms with Crippen molar-refractivity contribution in [2.45, 2.75) is 13.2 Å². The van der Waals surface area contributed by atoms with Gasteiger partial charge in [-0.05, 0) is 13.0 Å². The minimum atomic E-state index is -0.203. The molecule has 0 spiro atoms. The molecule has 0 aromatic rings. The van der Waals surface area contributed by atoms with Crippen molar-refractivity contribution in [3.63, 3.8) is 0 Å². The summed E-state index contributed by atoms with van der Waals surface area (Å²) < 4.78 is 10.6. The van der Waals surface area contributed by atoms with Crippen LogP contribution >= 0.6 is 0 Å². The standard InChI is InChI=1S/C9H15NO2/c1-3-4-5-8(10-2)9-11-6-7-12-9/h3-5,9-10H,6-7H2,1-2H3/b4-3-,8-5-. The van der Waals surface area contributed by atoms with Gasteiger partial charge in [0.15, 0.2) is 6.29 Å². The number of nitrogens with one attached hydrogen (secondary N) is 1. The maximum absolute atomic E-state index is 5.32. The largest absolute Gasteiger partial charge is 0.387 e. The van der Waals surface area contributed by atoms with E-state index in [-0.39, 0.29) is 6.29 Å². The number of hydrogen-bond donors (Lipinski definition) is 1. The Balaban J connectivity index is 2.53. The Morgan fingerprint density at radius 1 is 1.42 bits per heavy atom. The van der Waals surface area contributed by atoms with Gasteiger partial charge in [0.05, 0.1) is 18.9 Å². The molecule has 0 saturated carbocycles. The van der Waals surface area contributed by atoms with Crippen LogP contribution in [0.4, 0.5) is 0 Å². The average molecular weight is 169 g/mol. The first kappa shape index (κ1) is 9.29. The number of rotatable bonds is 3. The fourth-order valence-electron chi connectivity index (χ4n) is 1.02. The van der Waals surface area contributed by atoms with E-state index in [1.165, 1.54) is 0 Å². The summed E-state index contributed by atoms with van der Waals surface area (Å²) in [4.78, 5) is 0. The molecule has 3 heteroatoms. The van der Waals surface area contributed by atoms with Crippen LogP contribution in [0.2, 0.25) is 0 Å². The average Bonchev–Trinajstić information content (AvgIpc) is 2.59. The lowest BCUT2D eigenvalue weighted by Crippen LogP contribution is -2.21. The predicted octanol–water partition coefficient (Wildman–Crippen LogP) is 1.04. The van der Waals surface area contributed by atoms with Gasteiger partial charge in [-0.1, -0.05) is 12.2 Å². The molecule has 0 amide bonds. The highest BCUT2D eigenvalue weighted by Gasteiger charge is 2.18. The highest BCUT2D eigenvalue weighted by atomic mass is 16.7. The van der Waals surface area contributed by atoms with Gasteiger partial charge in [0.1, 0.15) is 0 Å². The van der Waals surface area contributed by atoms with Crippen molar-refractivity contribution in [2.24, 2.45) is 0 Å². The second kappa shape index (κ2) is 4.95. The topological polar surface area (TPSA) is 30.5 Å². The van der Waals surface area contributed by atoms with E-state index >= 15 is 0 Å². The van der Waals surface area contributed by atoms with Crippen molar-refractivity contribution in [3.8, 4) is 0 Å². The Kier molecular flexibility index (Phi) is 3.84. The van der Waals surface area contributed by atoms with E-state index in [0.717, 1.165) is 5.70 Å². The number of hydrogen-bond acceptors (Lipinski definition) is 3. The van der Waals surface area contributed by atoms with Gasteiger partial charge < -0.3 is 14.8 Å². The molecular weight excluding hydrogens is 154 g/mol. The second-order valence-electron chi connectivity index (χ2n) is 2.47. The van der Waals surface area contributed by atoms with Crippen LogP contribution in [0.25, 0.3) is 0 Å². The minimum Gasteiger partial charge on any atom is -0.387 e. The molecule has 1 saturated heterocycles. The first-order valence-corrected chi connectivity index (χ1v) is 4.12. The summed E-state index contributed by atoms with van der Waals surface area (Å²) in [5.74, 6) is 0. The van der Waals surface area contributed by atoms with Gasteiger partial charge in [0, 0.05) is 7.05 Å². The Labute approximate surface area is 73.1 Å². The van der Waals surface area contributed by atoms with E-state index in [0.29, 0.717) is 13.2 Å². The van der Waals surface area contributed by atoms with Crippen LogP contribution in [0.1, 0.15) is 6.92 Å². The third-order valence-corrected chi connectivity index (χ3v) is 1.63. The summed E-state index contributed by atoms with van der Waals surface area (Å²) in [7, 11) is 1.86. The fraction of sp³-hybridized carbons (Fsp3) is 0.556. The molecule has 0 unspecified atom stereocenters. The zero-order chi connectivity index (χ0) is 8.81. The monoisotopic (exact) mass is 169 g/mol. The summed E-state index contributed by atoms with van der Waals surface area (Å²) in [6.45, 7) is 3.33. The lowest BCUT2D eigenvalue weighted by molar-refractivity contribution is -0.0151. The smallest absolute Gasteiger partial charge is 0.198 e. The van der Waals surface area contributed by atoms with Gasteiger partial charge in [0.2, 0.25) is 0 Å². The molecule has 1 N–H and O–H groups in total. The third-order valence-electron chi connectivity index (χ3n) is 1.63. The molecule has 3 nitrogen and oxygen atoms in total. The second-order valence-corrected chi connectivity index (χ2v) is 2.47. The summed E-state index contributed by atoms with van der Waals surface area (Å²) in [6.07, 6.45) is 5.67. The van der Waals surface area contributed by atoms with Crippen molar-refractivity contribution < 1.29 is 9.47 Å². The normalized spacial score (nSPS) is 20.7. The molecule has 12 heavy (non-hydrogen) atoms. The Morgan fingerprint density at radius 3 is 2.58 bits per heavy atom. The van der Waals surface area contributed by atoms with Crippen molar-refractivity contribution >= 4 is 0 Å². The highest BCUT2D eigenvalue weighted by molar-refractivity contribution is 5.12. The Hall–Kier alpha value is -0.800. The molecule has 1 aliphatic heterocycles. The maximum atomic E-state index is 5.32. The summed E-state index contributed by atoms with van der Waals surface area (Å²) in [5.41, 5.74) is 0.964. The number of likely N-dealkylation sites (N-methyl/N-ethyl adjacent to an activating group) is 1. The van der Waals surface area contributed by atoms with E-state index in [9.17, 15) is 0 Å². The first-order chi connectivity index (χ1) is 5.88. The van der Waals surface area contributed by atoms with Crippen molar-refractivity contribution in [3.05, 3.63) is 23.9 Å². The van der Waals surface area contributed by atoms with Crippen molar-refractivity contribution in [2.75, 3.05) is 20.3 Å². The van der Waals surface area contributed by atoms with Crippen LogP contribution in [0.5, 0.6) is 0 Å². The molecule has 0 radical (unpaired) electrons. The number of ether oxygens (including phenoxy) is 2. The minimum absolute atomic E-state index is 0.203. The lowest BCUT2D eigenvalue weighted by Gasteiger charge is -2.12. The number of allylic oxidation sites excluding steroid dienone is 3. The Bertz CT molecular complexity index is 181. The zero-order valence-corrected chi connectivity index (χ0v) is 7.54. The quantitative estimate of drug-likeness (QED) is 0.640. The van der Waals surface area contributed by atoms with Crippen LogP contribution in [-0.4, -0.2) is 26.6 Å². The highest BCUT2D eigenvalue weighted by Crippen LogP contribution is 2.10. The van der Waals surface area contributed by atoms with Crippen LogP contribution in [-0.2, 0) is 9.47 Å². The molecular formula is C9H15NO2. The van der Waals surface area contributed by atoms with Gasteiger partial charge in [0.25, 0.3) is 0 Å². The van der Waals surface area contributed by atoms with Gasteiger partial charge in [-0.3, -0.25) is 0 Å². The van der Waals surface area contributed by atoms with E-state index in [1.54, 1.807) is 0 Å². The third kappa shape index (κ3) is 2.36. The molecule has 0 aliphatic carbocycles. The van der Waals surface area contributed by atoms with Gasteiger partial charge in [-0.15, -0.1) is 0 Å². The van der Waals surface area contributed by atoms with Crippen LogP contribution in [0.15, 0.2) is 23.9 Å². The molecule has 1 aliphatic rings. The molecule has 0 atom stereocenters. The van der Waals surface area contributed by atoms with Crippen molar-refractivity contribution in [1.29, 1.82) is 0 Å². The molecule has 1 heterocycles. The fourth-order valence-corrected chi connectivity index (χ4v) is 1.02. The maximum Gasteiger partial charge on any atom is 0.198 e.